The van der Waals surface area contributed by atoms with Crippen LogP contribution in [0.3, 0.4) is 0 Å². The number of amides is 1. The predicted molar refractivity (Wildman–Crippen MR) is 99.0 cm³/mol. The van der Waals surface area contributed by atoms with Crippen molar-refractivity contribution in [3.8, 4) is 17.0 Å². The highest BCUT2D eigenvalue weighted by Crippen LogP contribution is 2.39. The molecular weight excluding hydrogens is 344 g/mol. The summed E-state index contributed by atoms with van der Waals surface area (Å²) >= 11 is 2.72. The number of aromatic nitrogens is 2. The Morgan fingerprint density at radius 1 is 1.38 bits per heavy atom. The second-order valence-corrected chi connectivity index (χ2v) is 6.67. The first kappa shape index (κ1) is 16.5. The minimum atomic E-state index is -0.224. The molecule has 8 heteroatoms. The van der Waals surface area contributed by atoms with Crippen LogP contribution in [0.5, 0.6) is 5.75 Å². The van der Waals surface area contributed by atoms with Gasteiger partial charge in [0.15, 0.2) is 5.16 Å². The van der Waals surface area contributed by atoms with Gasteiger partial charge >= 0.3 is 0 Å². The minimum Gasteiger partial charge on any atom is -0.497 e. The van der Waals surface area contributed by atoms with Gasteiger partial charge in [0.2, 0.25) is 0 Å². The number of benzene rings is 1. The van der Waals surface area contributed by atoms with E-state index >= 15 is 0 Å². The van der Waals surface area contributed by atoms with E-state index < -0.39 is 0 Å². The number of thioether (sulfide) groups is 1. The summed E-state index contributed by atoms with van der Waals surface area (Å²) in [5.41, 5.74) is 8.22. The van der Waals surface area contributed by atoms with E-state index in [2.05, 4.69) is 15.3 Å². The van der Waals surface area contributed by atoms with Gasteiger partial charge in [-0.25, -0.2) is 9.97 Å². The summed E-state index contributed by atoms with van der Waals surface area (Å²) in [7, 11) is 3.19. The molecule has 0 saturated carbocycles. The molecule has 2 heterocycles. The Bertz CT molecular complexity index is 924. The molecule has 0 spiro atoms. The number of fused-ring (bicyclic) bond motifs is 1. The summed E-state index contributed by atoms with van der Waals surface area (Å²) in [5, 5.41) is 3.94. The fraction of sp³-hybridized carbons (Fsp3) is 0.188. The first-order valence-electron chi connectivity index (χ1n) is 7.09. The number of hydrogen-bond acceptors (Lipinski definition) is 7. The maximum atomic E-state index is 12.1. The summed E-state index contributed by atoms with van der Waals surface area (Å²) in [6.45, 7) is 0. The van der Waals surface area contributed by atoms with Crippen LogP contribution in [0.25, 0.3) is 21.5 Å². The molecule has 3 N–H and O–H groups in total. The topological polar surface area (TPSA) is 90.1 Å². The zero-order chi connectivity index (χ0) is 17.3. The van der Waals surface area contributed by atoms with Crippen molar-refractivity contribution in [2.75, 3.05) is 26.1 Å². The molecule has 124 valence electrons. The van der Waals surface area contributed by atoms with Crippen molar-refractivity contribution in [1.82, 2.24) is 15.3 Å². The molecule has 1 amide bonds. The summed E-state index contributed by atoms with van der Waals surface area (Å²) in [6, 6.07) is 7.58. The molecule has 0 saturated heterocycles. The van der Waals surface area contributed by atoms with Gasteiger partial charge in [-0.2, -0.15) is 0 Å². The average molecular weight is 360 g/mol. The Kier molecular flexibility index (Phi) is 4.59. The molecule has 0 radical (unpaired) electrons. The quantitative estimate of drug-likeness (QED) is 0.549. The van der Waals surface area contributed by atoms with Crippen molar-refractivity contribution in [3.63, 3.8) is 0 Å². The number of thiophene rings is 1. The minimum absolute atomic E-state index is 0.224. The van der Waals surface area contributed by atoms with E-state index in [1.54, 1.807) is 14.2 Å². The lowest BCUT2D eigenvalue weighted by Gasteiger charge is -2.07. The summed E-state index contributed by atoms with van der Waals surface area (Å²) in [6.07, 6.45) is 1.91. The maximum absolute atomic E-state index is 12.1. The number of nitrogen functional groups attached to an aromatic ring is 1. The smallest absolute Gasteiger partial charge is 0.263 e. The number of hydrogen-bond donors (Lipinski definition) is 2. The zero-order valence-corrected chi connectivity index (χ0v) is 15.0. The molecule has 3 rings (SSSR count). The van der Waals surface area contributed by atoms with Crippen molar-refractivity contribution in [2.45, 2.75) is 5.16 Å². The number of carbonyl (C=O) groups is 1. The third-order valence-corrected chi connectivity index (χ3v) is 5.17. The van der Waals surface area contributed by atoms with E-state index in [1.807, 2.05) is 30.5 Å². The van der Waals surface area contributed by atoms with Gasteiger partial charge in [-0.3, -0.25) is 4.79 Å². The van der Waals surface area contributed by atoms with E-state index in [4.69, 9.17) is 10.5 Å². The van der Waals surface area contributed by atoms with Crippen molar-refractivity contribution in [2.24, 2.45) is 0 Å². The second-order valence-electron chi connectivity index (χ2n) is 4.90. The lowest BCUT2D eigenvalue weighted by atomic mass is 10.1. The first-order chi connectivity index (χ1) is 11.6. The van der Waals surface area contributed by atoms with E-state index in [0.717, 1.165) is 11.3 Å². The van der Waals surface area contributed by atoms with Crippen LogP contribution in [0, 0.1) is 0 Å². The molecule has 2 aromatic heterocycles. The lowest BCUT2D eigenvalue weighted by molar-refractivity contribution is 0.0968. The average Bonchev–Trinajstić information content (AvgIpc) is 2.97. The third kappa shape index (κ3) is 2.78. The number of anilines is 1. The largest absolute Gasteiger partial charge is 0.497 e. The Morgan fingerprint density at radius 3 is 2.83 bits per heavy atom. The summed E-state index contributed by atoms with van der Waals surface area (Å²) < 4.78 is 5.29. The number of ether oxygens (including phenoxy) is 1. The maximum Gasteiger partial charge on any atom is 0.263 e. The van der Waals surface area contributed by atoms with Gasteiger partial charge in [-0.05, 0) is 18.4 Å². The standard InChI is InChI=1S/C16H16N4O2S2/c1-18-14(21)13-11(17)10-12(8-5-4-6-9(7-8)22-2)19-16(23-3)20-15(10)24-13/h4-7H,17H2,1-3H3,(H,18,21). The Balaban J connectivity index is 2.32. The fourth-order valence-electron chi connectivity index (χ4n) is 2.36. The van der Waals surface area contributed by atoms with E-state index in [-0.39, 0.29) is 5.91 Å². The SMILES string of the molecule is CNC(=O)c1sc2nc(SC)nc(-c3cccc(OC)c3)c2c1N. The van der Waals surface area contributed by atoms with Crippen LogP contribution in [-0.2, 0) is 0 Å². The Hall–Kier alpha value is -2.32. The van der Waals surface area contributed by atoms with Crippen LogP contribution in [0.2, 0.25) is 0 Å². The molecule has 0 bridgehead atoms. The van der Waals surface area contributed by atoms with Gasteiger partial charge in [0.1, 0.15) is 15.5 Å². The van der Waals surface area contributed by atoms with Gasteiger partial charge in [-0.1, -0.05) is 23.9 Å². The molecule has 0 unspecified atom stereocenters. The van der Waals surface area contributed by atoms with E-state index in [1.165, 1.54) is 23.1 Å². The molecule has 0 fully saturated rings. The monoisotopic (exact) mass is 360 g/mol. The Morgan fingerprint density at radius 2 is 2.17 bits per heavy atom. The van der Waals surface area contributed by atoms with Crippen LogP contribution < -0.4 is 15.8 Å². The fourth-order valence-corrected chi connectivity index (χ4v) is 3.82. The molecular formula is C16H16N4O2S2. The van der Waals surface area contributed by atoms with E-state index in [9.17, 15) is 4.79 Å². The number of nitrogens with one attached hydrogen (secondary N) is 1. The number of methoxy groups -OCH3 is 1. The first-order valence-corrected chi connectivity index (χ1v) is 9.13. The van der Waals surface area contributed by atoms with Crippen molar-refractivity contribution < 1.29 is 9.53 Å². The molecule has 0 aliphatic rings. The molecule has 1 aromatic carbocycles. The number of carbonyl (C=O) groups excluding carboxylic acids is 1. The van der Waals surface area contributed by atoms with Crippen LogP contribution in [-0.4, -0.2) is 36.3 Å². The summed E-state index contributed by atoms with van der Waals surface area (Å²) in [5.74, 6) is 0.503. The molecule has 6 nitrogen and oxygen atoms in total. The summed E-state index contributed by atoms with van der Waals surface area (Å²) in [4.78, 5) is 22.3. The Labute approximate surface area is 147 Å². The van der Waals surface area contributed by atoms with Crippen LogP contribution in [0.15, 0.2) is 29.4 Å². The highest BCUT2D eigenvalue weighted by molar-refractivity contribution is 7.98. The van der Waals surface area contributed by atoms with E-state index in [0.29, 0.717) is 31.6 Å². The molecule has 3 aromatic rings. The predicted octanol–water partition coefficient (Wildman–Crippen LogP) is 3.03. The second kappa shape index (κ2) is 6.66. The molecule has 0 aliphatic carbocycles. The zero-order valence-electron chi connectivity index (χ0n) is 13.4. The molecule has 0 aliphatic heterocycles. The van der Waals surface area contributed by atoms with Crippen LogP contribution in [0.4, 0.5) is 5.69 Å². The number of nitrogens with two attached hydrogens (primary N) is 1. The van der Waals surface area contributed by atoms with Gasteiger partial charge in [0.05, 0.1) is 23.9 Å². The van der Waals surface area contributed by atoms with Gasteiger partial charge in [0.25, 0.3) is 5.91 Å². The van der Waals surface area contributed by atoms with Gasteiger partial charge in [-0.15, -0.1) is 11.3 Å². The lowest BCUT2D eigenvalue weighted by Crippen LogP contribution is -2.17. The van der Waals surface area contributed by atoms with Crippen LogP contribution in [0.1, 0.15) is 9.67 Å². The number of rotatable bonds is 4. The highest BCUT2D eigenvalue weighted by Gasteiger charge is 2.21. The number of nitrogens with zero attached hydrogens (tertiary/aromatic N) is 2. The molecule has 24 heavy (non-hydrogen) atoms. The highest BCUT2D eigenvalue weighted by atomic mass is 32.2. The van der Waals surface area contributed by atoms with Crippen molar-refractivity contribution in [3.05, 3.63) is 29.1 Å². The van der Waals surface area contributed by atoms with Gasteiger partial charge < -0.3 is 15.8 Å². The molecule has 0 atom stereocenters. The van der Waals surface area contributed by atoms with Crippen LogP contribution >= 0.6 is 23.1 Å². The van der Waals surface area contributed by atoms with Crippen molar-refractivity contribution in [1.29, 1.82) is 0 Å². The van der Waals surface area contributed by atoms with Crippen molar-refractivity contribution >= 4 is 44.9 Å². The van der Waals surface area contributed by atoms with Gasteiger partial charge in [0, 0.05) is 12.6 Å². The third-order valence-electron chi connectivity index (χ3n) is 3.53. The normalized spacial score (nSPS) is 10.8.